The molecule has 0 aromatic carbocycles. The minimum absolute atomic E-state index is 0.320. The molecule has 2 unspecified atom stereocenters. The molecule has 20 heavy (non-hydrogen) atoms. The molecule has 4 nitrogen and oxygen atoms in total. The third kappa shape index (κ3) is 4.73. The smallest absolute Gasteiger partial charge is 0.108 e. The van der Waals surface area contributed by atoms with E-state index in [1.165, 1.54) is 6.42 Å². The number of nitriles is 1. The fourth-order valence-electron chi connectivity index (χ4n) is 3.25. The van der Waals surface area contributed by atoms with E-state index in [1.54, 1.807) is 7.11 Å². The van der Waals surface area contributed by atoms with Crippen LogP contribution in [-0.2, 0) is 4.74 Å². The van der Waals surface area contributed by atoms with Crippen molar-refractivity contribution in [3.63, 3.8) is 0 Å². The number of hydrogen-bond donors (Lipinski definition) is 1. The van der Waals surface area contributed by atoms with Crippen LogP contribution in [-0.4, -0.2) is 49.3 Å². The topological polar surface area (TPSA) is 48.3 Å². The number of rotatable bonds is 8. The summed E-state index contributed by atoms with van der Waals surface area (Å²) < 4.78 is 5.23. The van der Waals surface area contributed by atoms with E-state index >= 15 is 0 Å². The zero-order valence-electron chi connectivity index (χ0n) is 13.6. The second-order valence-corrected chi connectivity index (χ2v) is 6.20. The van der Waals surface area contributed by atoms with Gasteiger partial charge < -0.3 is 4.74 Å². The first kappa shape index (κ1) is 17.4. The molecule has 0 heterocycles. The minimum Gasteiger partial charge on any atom is -0.383 e. The zero-order chi connectivity index (χ0) is 15.0. The summed E-state index contributed by atoms with van der Waals surface area (Å²) in [6.07, 6.45) is 5.32. The summed E-state index contributed by atoms with van der Waals surface area (Å²) in [6, 6.07) is 3.55. The second kappa shape index (κ2) is 8.61. The summed E-state index contributed by atoms with van der Waals surface area (Å²) in [6.45, 7) is 9.26. The number of ether oxygens (including phenoxy) is 1. The molecule has 0 aromatic rings. The first-order valence-electron chi connectivity index (χ1n) is 7.99. The summed E-state index contributed by atoms with van der Waals surface area (Å²) in [5.41, 5.74) is -0.320. The van der Waals surface area contributed by atoms with Gasteiger partial charge in [0.25, 0.3) is 0 Å². The average molecular weight is 281 g/mol. The molecule has 0 aliphatic heterocycles. The largest absolute Gasteiger partial charge is 0.383 e. The molecular weight excluding hydrogens is 250 g/mol. The van der Waals surface area contributed by atoms with Crippen molar-refractivity contribution in [2.24, 2.45) is 0 Å². The molecule has 116 valence electrons. The quantitative estimate of drug-likeness (QED) is 0.743. The number of hydrogen-bond acceptors (Lipinski definition) is 4. The molecular formula is C16H31N3O. The highest BCUT2D eigenvalue weighted by atomic mass is 16.5. The molecule has 0 saturated heterocycles. The van der Waals surface area contributed by atoms with Crippen LogP contribution in [0.2, 0.25) is 0 Å². The van der Waals surface area contributed by atoms with Crippen LogP contribution in [0.1, 0.15) is 52.9 Å². The molecule has 1 fully saturated rings. The van der Waals surface area contributed by atoms with Gasteiger partial charge in [0.15, 0.2) is 0 Å². The molecule has 2 atom stereocenters. The molecule has 1 rings (SSSR count). The maximum atomic E-state index is 9.63. The van der Waals surface area contributed by atoms with E-state index in [2.05, 4.69) is 37.1 Å². The standard InChI is InChI=1S/C16H31N3O/c1-5-9-18-16(13-17)8-6-7-15(12-16)19(14(2)3)10-11-20-4/h14-15,18H,5-12H2,1-4H3. The Labute approximate surface area is 124 Å². The molecule has 1 aliphatic rings. The van der Waals surface area contributed by atoms with Gasteiger partial charge in [-0.3, -0.25) is 10.2 Å². The predicted octanol–water partition coefficient (Wildman–Crippen LogP) is 2.55. The van der Waals surface area contributed by atoms with Gasteiger partial charge in [-0.05, 0) is 52.5 Å². The summed E-state index contributed by atoms with van der Waals surface area (Å²) in [5.74, 6) is 0. The van der Waals surface area contributed by atoms with E-state index in [1.807, 2.05) is 0 Å². The lowest BCUT2D eigenvalue weighted by molar-refractivity contribution is 0.0620. The monoisotopic (exact) mass is 281 g/mol. The van der Waals surface area contributed by atoms with Crippen molar-refractivity contribution >= 4 is 0 Å². The summed E-state index contributed by atoms with van der Waals surface area (Å²) in [7, 11) is 1.75. The lowest BCUT2D eigenvalue weighted by Crippen LogP contribution is -2.54. The molecule has 1 N–H and O–H groups in total. The highest BCUT2D eigenvalue weighted by Gasteiger charge is 2.38. The molecule has 1 saturated carbocycles. The molecule has 0 radical (unpaired) electrons. The number of nitrogens with zero attached hydrogens (tertiary/aromatic N) is 2. The Bertz CT molecular complexity index is 313. The Balaban J connectivity index is 2.71. The molecule has 0 amide bonds. The molecule has 1 aliphatic carbocycles. The molecule has 0 aromatic heterocycles. The third-order valence-electron chi connectivity index (χ3n) is 4.34. The van der Waals surface area contributed by atoms with Crippen LogP contribution >= 0.6 is 0 Å². The van der Waals surface area contributed by atoms with Crippen LogP contribution < -0.4 is 5.32 Å². The SMILES string of the molecule is CCCNC1(C#N)CCCC(N(CCOC)C(C)C)C1. The predicted molar refractivity (Wildman–Crippen MR) is 82.6 cm³/mol. The Morgan fingerprint density at radius 3 is 2.80 bits per heavy atom. The van der Waals surface area contributed by atoms with Gasteiger partial charge in [-0.25, -0.2) is 0 Å². The highest BCUT2D eigenvalue weighted by Crippen LogP contribution is 2.31. The van der Waals surface area contributed by atoms with Crippen molar-refractivity contribution < 1.29 is 4.74 Å². The van der Waals surface area contributed by atoms with Gasteiger partial charge in [0, 0.05) is 25.7 Å². The van der Waals surface area contributed by atoms with Crippen LogP contribution in [0.3, 0.4) is 0 Å². The molecule has 0 bridgehead atoms. The van der Waals surface area contributed by atoms with Gasteiger partial charge in [-0.1, -0.05) is 6.92 Å². The van der Waals surface area contributed by atoms with E-state index < -0.39 is 0 Å². The Morgan fingerprint density at radius 1 is 1.50 bits per heavy atom. The van der Waals surface area contributed by atoms with Gasteiger partial charge in [0.05, 0.1) is 12.7 Å². The van der Waals surface area contributed by atoms with Crippen LogP contribution in [0.25, 0.3) is 0 Å². The first-order valence-corrected chi connectivity index (χ1v) is 7.99. The van der Waals surface area contributed by atoms with Crippen molar-refractivity contribution in [1.29, 1.82) is 5.26 Å². The van der Waals surface area contributed by atoms with Gasteiger partial charge in [0.1, 0.15) is 5.54 Å². The van der Waals surface area contributed by atoms with E-state index in [0.29, 0.717) is 12.1 Å². The minimum atomic E-state index is -0.320. The van der Waals surface area contributed by atoms with Gasteiger partial charge in [-0.2, -0.15) is 5.26 Å². The lowest BCUT2D eigenvalue weighted by atomic mass is 9.79. The van der Waals surface area contributed by atoms with Gasteiger partial charge >= 0.3 is 0 Å². The van der Waals surface area contributed by atoms with Gasteiger partial charge in [-0.15, -0.1) is 0 Å². The summed E-state index contributed by atoms with van der Waals surface area (Å²) in [5, 5.41) is 13.1. The summed E-state index contributed by atoms with van der Waals surface area (Å²) in [4.78, 5) is 2.50. The van der Waals surface area contributed by atoms with Crippen molar-refractivity contribution in [2.45, 2.75) is 70.5 Å². The van der Waals surface area contributed by atoms with Crippen molar-refractivity contribution in [2.75, 3.05) is 26.8 Å². The van der Waals surface area contributed by atoms with Gasteiger partial charge in [0.2, 0.25) is 0 Å². The Hall–Kier alpha value is -0.630. The van der Waals surface area contributed by atoms with E-state index in [0.717, 1.165) is 45.4 Å². The first-order chi connectivity index (χ1) is 9.58. The second-order valence-electron chi connectivity index (χ2n) is 6.20. The third-order valence-corrected chi connectivity index (χ3v) is 4.34. The number of methoxy groups -OCH3 is 1. The Kier molecular flexibility index (Phi) is 7.50. The zero-order valence-corrected chi connectivity index (χ0v) is 13.6. The molecule has 0 spiro atoms. The van der Waals surface area contributed by atoms with Crippen LogP contribution in [0.4, 0.5) is 0 Å². The van der Waals surface area contributed by atoms with Crippen LogP contribution in [0.5, 0.6) is 0 Å². The number of nitrogens with one attached hydrogen (secondary N) is 1. The normalized spacial score (nSPS) is 26.9. The van der Waals surface area contributed by atoms with E-state index in [-0.39, 0.29) is 5.54 Å². The van der Waals surface area contributed by atoms with Crippen molar-refractivity contribution in [3.8, 4) is 6.07 Å². The van der Waals surface area contributed by atoms with Crippen LogP contribution in [0.15, 0.2) is 0 Å². The maximum Gasteiger partial charge on any atom is 0.108 e. The lowest BCUT2D eigenvalue weighted by Gasteiger charge is -2.43. The van der Waals surface area contributed by atoms with E-state index in [9.17, 15) is 5.26 Å². The highest BCUT2D eigenvalue weighted by molar-refractivity contribution is 5.11. The van der Waals surface area contributed by atoms with Crippen molar-refractivity contribution in [1.82, 2.24) is 10.2 Å². The maximum absolute atomic E-state index is 9.63. The van der Waals surface area contributed by atoms with E-state index in [4.69, 9.17) is 4.74 Å². The molecule has 4 heteroatoms. The van der Waals surface area contributed by atoms with Crippen molar-refractivity contribution in [3.05, 3.63) is 0 Å². The fourth-order valence-corrected chi connectivity index (χ4v) is 3.25. The average Bonchev–Trinajstić information content (AvgIpc) is 2.45. The Morgan fingerprint density at radius 2 is 2.25 bits per heavy atom. The summed E-state index contributed by atoms with van der Waals surface area (Å²) >= 11 is 0. The van der Waals surface area contributed by atoms with Crippen LogP contribution in [0, 0.1) is 11.3 Å². The fraction of sp³-hybridized carbons (Fsp3) is 0.938.